The highest BCUT2D eigenvalue weighted by molar-refractivity contribution is 4.64. The maximum Gasteiger partial charge on any atom is 0.111 e. The first-order valence-corrected chi connectivity index (χ1v) is 9.79. The average Bonchev–Trinajstić information content (AvgIpc) is 2.71. The summed E-state index contributed by atoms with van der Waals surface area (Å²) in [5, 5.41) is 8.52. The minimum Gasteiger partial charge on any atom is -0.499 e. The number of aliphatic hydroxyl groups is 1. The molecule has 0 spiro atoms. The zero-order valence-electron chi connectivity index (χ0n) is 17.2. The Hall–Kier alpha value is -0.780. The van der Waals surface area contributed by atoms with Gasteiger partial charge in [-0.25, -0.2) is 0 Å². The van der Waals surface area contributed by atoms with Gasteiger partial charge in [0, 0.05) is 0 Å². The van der Waals surface area contributed by atoms with E-state index in [1.807, 2.05) is 13.0 Å². The molecule has 0 saturated carbocycles. The van der Waals surface area contributed by atoms with Crippen molar-refractivity contribution in [2.45, 2.75) is 6.92 Å². The van der Waals surface area contributed by atoms with Gasteiger partial charge in [-0.05, 0) is 6.92 Å². The molecule has 0 aliphatic carbocycles. The molecule has 0 atom stereocenters. The van der Waals surface area contributed by atoms with Crippen LogP contribution in [0.4, 0.5) is 0 Å². The molecule has 0 saturated heterocycles. The maximum atomic E-state index is 8.52. The van der Waals surface area contributed by atoms with Gasteiger partial charge in [-0.3, -0.25) is 0 Å². The van der Waals surface area contributed by atoms with Crippen molar-refractivity contribution in [2.75, 3.05) is 106 Å². The van der Waals surface area contributed by atoms with Crippen LogP contribution < -0.4 is 0 Å². The van der Waals surface area contributed by atoms with Gasteiger partial charge in [0.05, 0.1) is 105 Å². The van der Waals surface area contributed by atoms with Crippen LogP contribution in [0.25, 0.3) is 0 Å². The molecule has 0 aromatic carbocycles. The Morgan fingerprint density at radius 3 is 1.04 bits per heavy atom. The summed E-state index contributed by atoms with van der Waals surface area (Å²) in [5.74, 6) is 0. The molecule has 28 heavy (non-hydrogen) atoms. The number of aliphatic hydroxyl groups excluding tert-OH is 1. The summed E-state index contributed by atoms with van der Waals surface area (Å²) < 4.78 is 42.4. The lowest BCUT2D eigenvalue weighted by molar-refractivity contribution is -0.0225. The number of rotatable bonds is 24. The number of hydrogen-bond acceptors (Lipinski definition) is 9. The number of hydrogen-bond donors (Lipinski definition) is 1. The predicted octanol–water partition coefficient (Wildman–Crippen LogP) is 0.645. The van der Waals surface area contributed by atoms with Crippen molar-refractivity contribution in [3.05, 3.63) is 12.3 Å². The van der Waals surface area contributed by atoms with Crippen molar-refractivity contribution >= 4 is 0 Å². The van der Waals surface area contributed by atoms with Crippen molar-refractivity contribution in [3.63, 3.8) is 0 Å². The second kappa shape index (κ2) is 26.2. The molecular weight excluding hydrogens is 372 g/mol. The summed E-state index contributed by atoms with van der Waals surface area (Å²) in [6.07, 6.45) is 3.48. The van der Waals surface area contributed by atoms with Gasteiger partial charge in [0.2, 0.25) is 0 Å². The van der Waals surface area contributed by atoms with E-state index in [9.17, 15) is 0 Å². The zero-order chi connectivity index (χ0) is 20.4. The first-order valence-electron chi connectivity index (χ1n) is 9.79. The Balaban J connectivity index is 2.98. The smallest absolute Gasteiger partial charge is 0.111 e. The molecule has 0 unspecified atom stereocenters. The van der Waals surface area contributed by atoms with Gasteiger partial charge in [0.25, 0.3) is 0 Å². The summed E-state index contributed by atoms with van der Waals surface area (Å²) in [6, 6.07) is 0. The molecule has 0 bridgehead atoms. The fraction of sp³-hybridized carbons (Fsp3) is 0.895. The third kappa shape index (κ3) is 25.2. The molecule has 0 aromatic heterocycles. The second-order valence-electron chi connectivity index (χ2n) is 5.35. The van der Waals surface area contributed by atoms with Gasteiger partial charge in [-0.2, -0.15) is 0 Å². The summed E-state index contributed by atoms with van der Waals surface area (Å²) in [4.78, 5) is 0. The van der Waals surface area contributed by atoms with Gasteiger partial charge < -0.3 is 43.0 Å². The molecule has 168 valence electrons. The lowest BCUT2D eigenvalue weighted by Gasteiger charge is -2.08. The average molecular weight is 411 g/mol. The quantitative estimate of drug-likeness (QED) is 0.182. The fourth-order valence-electron chi connectivity index (χ4n) is 1.76. The lowest BCUT2D eigenvalue weighted by Crippen LogP contribution is -2.15. The highest BCUT2D eigenvalue weighted by Crippen LogP contribution is 1.85. The van der Waals surface area contributed by atoms with Crippen molar-refractivity contribution in [1.29, 1.82) is 0 Å². The summed E-state index contributed by atoms with van der Waals surface area (Å²) in [5.41, 5.74) is 0. The molecule has 0 rings (SSSR count). The van der Waals surface area contributed by atoms with E-state index >= 15 is 0 Å². The van der Waals surface area contributed by atoms with Crippen LogP contribution in [0.3, 0.4) is 0 Å². The molecule has 9 heteroatoms. The highest BCUT2D eigenvalue weighted by atomic mass is 16.6. The molecule has 1 N–H and O–H groups in total. The summed E-state index contributed by atoms with van der Waals surface area (Å²) >= 11 is 0. The van der Waals surface area contributed by atoms with E-state index in [2.05, 4.69) is 0 Å². The molecule has 0 heterocycles. The van der Waals surface area contributed by atoms with Crippen molar-refractivity contribution < 1.29 is 43.0 Å². The predicted molar refractivity (Wildman–Crippen MR) is 104 cm³/mol. The van der Waals surface area contributed by atoms with E-state index in [4.69, 9.17) is 43.0 Å². The van der Waals surface area contributed by atoms with Crippen LogP contribution in [0.15, 0.2) is 12.3 Å². The van der Waals surface area contributed by atoms with Crippen LogP contribution in [0.1, 0.15) is 6.92 Å². The van der Waals surface area contributed by atoms with Crippen LogP contribution in [0.2, 0.25) is 0 Å². The van der Waals surface area contributed by atoms with E-state index in [0.29, 0.717) is 99.1 Å². The summed E-state index contributed by atoms with van der Waals surface area (Å²) in [7, 11) is 0. The van der Waals surface area contributed by atoms with Crippen LogP contribution in [-0.4, -0.2) is 111 Å². The standard InChI is InChI=1S/C19H38O9/c1-2-4-21-6-8-23-10-12-25-14-16-27-18-19-28-17-15-26-13-11-24-9-7-22-5-3-20/h2,4,20H,3,5-19H2,1H3. The molecule has 0 aromatic rings. The second-order valence-corrected chi connectivity index (χ2v) is 5.35. The zero-order valence-corrected chi connectivity index (χ0v) is 17.2. The third-order valence-corrected chi connectivity index (χ3v) is 3.05. The molecule has 0 amide bonds. The van der Waals surface area contributed by atoms with E-state index in [1.165, 1.54) is 0 Å². The first kappa shape index (κ1) is 27.2. The van der Waals surface area contributed by atoms with E-state index in [0.717, 1.165) is 0 Å². The third-order valence-electron chi connectivity index (χ3n) is 3.05. The van der Waals surface area contributed by atoms with Gasteiger partial charge in [-0.15, -0.1) is 0 Å². The van der Waals surface area contributed by atoms with Gasteiger partial charge >= 0.3 is 0 Å². The number of allylic oxidation sites excluding steroid dienone is 1. The monoisotopic (exact) mass is 410 g/mol. The Morgan fingerprint density at radius 1 is 0.464 bits per heavy atom. The largest absolute Gasteiger partial charge is 0.499 e. The SMILES string of the molecule is CC=COCCOCCOCCOCCOCCOCCOCCOCCO. The van der Waals surface area contributed by atoms with Gasteiger partial charge in [-0.1, -0.05) is 6.08 Å². The first-order chi connectivity index (χ1) is 13.9. The normalized spacial score (nSPS) is 11.5. The molecule has 0 aliphatic heterocycles. The highest BCUT2D eigenvalue weighted by Gasteiger charge is 1.94. The minimum absolute atomic E-state index is 0.0333. The fourth-order valence-corrected chi connectivity index (χ4v) is 1.76. The Bertz CT molecular complexity index is 303. The van der Waals surface area contributed by atoms with E-state index in [-0.39, 0.29) is 6.61 Å². The maximum absolute atomic E-state index is 8.52. The van der Waals surface area contributed by atoms with Crippen LogP contribution in [0, 0.1) is 0 Å². The van der Waals surface area contributed by atoms with Crippen LogP contribution in [-0.2, 0) is 37.9 Å². The van der Waals surface area contributed by atoms with Crippen molar-refractivity contribution in [3.8, 4) is 0 Å². The van der Waals surface area contributed by atoms with E-state index in [1.54, 1.807) is 6.26 Å². The topological polar surface area (TPSA) is 94.1 Å². The van der Waals surface area contributed by atoms with Crippen molar-refractivity contribution in [2.24, 2.45) is 0 Å². The van der Waals surface area contributed by atoms with Crippen LogP contribution >= 0.6 is 0 Å². The molecule has 0 radical (unpaired) electrons. The Kier molecular flexibility index (Phi) is 25.5. The lowest BCUT2D eigenvalue weighted by atomic mass is 10.6. The Morgan fingerprint density at radius 2 is 0.750 bits per heavy atom. The summed E-state index contributed by atoms with van der Waals surface area (Å²) in [6.45, 7) is 9.64. The van der Waals surface area contributed by atoms with E-state index < -0.39 is 0 Å². The molecule has 9 nitrogen and oxygen atoms in total. The molecular formula is C19H38O9. The van der Waals surface area contributed by atoms with Gasteiger partial charge in [0.15, 0.2) is 0 Å². The molecule has 0 fully saturated rings. The van der Waals surface area contributed by atoms with Crippen LogP contribution in [0.5, 0.6) is 0 Å². The Labute approximate surface area is 168 Å². The number of ether oxygens (including phenoxy) is 8. The molecule has 0 aliphatic rings. The minimum atomic E-state index is 0.0333. The van der Waals surface area contributed by atoms with Crippen molar-refractivity contribution in [1.82, 2.24) is 0 Å². The van der Waals surface area contributed by atoms with Gasteiger partial charge in [0.1, 0.15) is 6.61 Å².